The summed E-state index contributed by atoms with van der Waals surface area (Å²) >= 11 is 0. The molecule has 16 heavy (non-hydrogen) atoms. The van der Waals surface area contributed by atoms with Gasteiger partial charge in [-0.3, -0.25) is 4.79 Å². The summed E-state index contributed by atoms with van der Waals surface area (Å²) in [6.45, 7) is 2.18. The first-order valence-corrected chi connectivity index (χ1v) is 6.62. The maximum Gasteiger partial charge on any atom is 0.142 e. The van der Waals surface area contributed by atoms with Gasteiger partial charge in [0, 0.05) is 5.92 Å². The lowest BCUT2D eigenvalue weighted by Gasteiger charge is -2.27. The molecule has 3 aliphatic rings. The minimum Gasteiger partial charge on any atom is -0.316 e. The van der Waals surface area contributed by atoms with E-state index in [9.17, 15) is 9.18 Å². The molecule has 90 valence electrons. The predicted molar refractivity (Wildman–Crippen MR) is 59.8 cm³/mol. The van der Waals surface area contributed by atoms with Crippen LogP contribution in [0.5, 0.6) is 0 Å². The van der Waals surface area contributed by atoms with E-state index in [1.807, 2.05) is 0 Å². The number of carbonyl (C=O) groups is 1. The van der Waals surface area contributed by atoms with Gasteiger partial charge in [0.05, 0.1) is 5.92 Å². The van der Waals surface area contributed by atoms with Crippen molar-refractivity contribution in [3.8, 4) is 0 Å². The third-order valence-electron chi connectivity index (χ3n) is 4.55. The fourth-order valence-electron chi connectivity index (χ4n) is 3.51. The summed E-state index contributed by atoms with van der Waals surface area (Å²) in [5, 5.41) is 3.45. The van der Waals surface area contributed by atoms with E-state index in [0.29, 0.717) is 12.3 Å². The van der Waals surface area contributed by atoms with Gasteiger partial charge in [-0.1, -0.05) is 0 Å². The van der Waals surface area contributed by atoms with Crippen molar-refractivity contribution in [1.82, 2.24) is 5.32 Å². The van der Waals surface area contributed by atoms with E-state index in [2.05, 4.69) is 5.32 Å². The quantitative estimate of drug-likeness (QED) is 0.778. The minimum atomic E-state index is -0.812. The molecule has 1 heterocycles. The Balaban J connectivity index is 1.65. The maximum absolute atomic E-state index is 12.9. The van der Waals surface area contributed by atoms with Gasteiger partial charge in [-0.15, -0.1) is 0 Å². The highest BCUT2D eigenvalue weighted by Crippen LogP contribution is 2.41. The fraction of sp³-hybridized carbons (Fsp3) is 0.923. The van der Waals surface area contributed by atoms with Crippen LogP contribution < -0.4 is 5.32 Å². The van der Waals surface area contributed by atoms with Gasteiger partial charge in [-0.25, -0.2) is 4.39 Å². The van der Waals surface area contributed by atoms with Crippen molar-refractivity contribution in [2.45, 2.75) is 38.3 Å². The third kappa shape index (κ3) is 2.02. The normalized spacial score (nSPS) is 47.2. The second-order valence-corrected chi connectivity index (χ2v) is 5.90. The van der Waals surface area contributed by atoms with E-state index >= 15 is 0 Å². The van der Waals surface area contributed by atoms with Crippen LogP contribution in [0.25, 0.3) is 0 Å². The number of hydrogen-bond acceptors (Lipinski definition) is 2. The van der Waals surface area contributed by atoms with E-state index < -0.39 is 6.17 Å². The smallest absolute Gasteiger partial charge is 0.142 e. The molecule has 0 radical (unpaired) electrons. The zero-order valence-corrected chi connectivity index (χ0v) is 9.62. The molecule has 3 rings (SSSR count). The SMILES string of the molecule is O=C(C1CCC2CNCC(C2)C1)C1CC1F. The Morgan fingerprint density at radius 2 is 1.81 bits per heavy atom. The van der Waals surface area contributed by atoms with Crippen molar-refractivity contribution in [2.24, 2.45) is 23.7 Å². The van der Waals surface area contributed by atoms with Crippen LogP contribution in [0.1, 0.15) is 32.1 Å². The lowest BCUT2D eigenvalue weighted by Crippen LogP contribution is -2.35. The van der Waals surface area contributed by atoms with Crippen molar-refractivity contribution in [1.29, 1.82) is 0 Å². The van der Waals surface area contributed by atoms with E-state index in [0.717, 1.165) is 38.3 Å². The average molecular weight is 225 g/mol. The fourth-order valence-corrected chi connectivity index (χ4v) is 3.51. The van der Waals surface area contributed by atoms with Gasteiger partial charge in [0.15, 0.2) is 0 Å². The van der Waals surface area contributed by atoms with E-state index in [1.165, 1.54) is 6.42 Å². The molecule has 0 aromatic rings. The number of fused-ring (bicyclic) bond motifs is 2. The molecule has 2 saturated carbocycles. The van der Waals surface area contributed by atoms with E-state index in [4.69, 9.17) is 0 Å². The molecule has 1 N–H and O–H groups in total. The van der Waals surface area contributed by atoms with Crippen LogP contribution in [0.2, 0.25) is 0 Å². The summed E-state index contributed by atoms with van der Waals surface area (Å²) in [6, 6.07) is 0. The molecule has 5 unspecified atom stereocenters. The average Bonchev–Trinajstić information content (AvgIpc) is 3.02. The summed E-state index contributed by atoms with van der Waals surface area (Å²) in [5.74, 6) is 1.60. The monoisotopic (exact) mass is 225 g/mol. The molecule has 0 amide bonds. The van der Waals surface area contributed by atoms with E-state index in [-0.39, 0.29) is 17.6 Å². The predicted octanol–water partition coefficient (Wildman–Crippen LogP) is 1.94. The zero-order chi connectivity index (χ0) is 11.1. The van der Waals surface area contributed by atoms with Crippen LogP contribution in [0.4, 0.5) is 4.39 Å². The number of Topliss-reactive ketones (excluding diaryl/α,β-unsaturated/α-hetero) is 1. The number of ketones is 1. The van der Waals surface area contributed by atoms with Crippen molar-refractivity contribution >= 4 is 5.78 Å². The first-order chi connectivity index (χ1) is 7.74. The van der Waals surface area contributed by atoms with Crippen LogP contribution in [0.15, 0.2) is 0 Å². The molecular formula is C13H20FNO. The Morgan fingerprint density at radius 3 is 2.56 bits per heavy atom. The second kappa shape index (κ2) is 4.10. The summed E-state index contributed by atoms with van der Waals surface area (Å²) in [7, 11) is 0. The maximum atomic E-state index is 12.9. The van der Waals surface area contributed by atoms with Crippen LogP contribution in [0, 0.1) is 23.7 Å². The van der Waals surface area contributed by atoms with Crippen molar-refractivity contribution < 1.29 is 9.18 Å². The topological polar surface area (TPSA) is 29.1 Å². The second-order valence-electron chi connectivity index (χ2n) is 5.90. The number of piperidine rings is 1. The molecule has 1 aliphatic heterocycles. The Bertz CT molecular complexity index is 294. The molecule has 0 aromatic carbocycles. The highest BCUT2D eigenvalue weighted by atomic mass is 19.1. The van der Waals surface area contributed by atoms with Gasteiger partial charge >= 0.3 is 0 Å². The summed E-state index contributed by atoms with van der Waals surface area (Å²) in [5.41, 5.74) is 0. The Kier molecular flexibility index (Phi) is 2.74. The third-order valence-corrected chi connectivity index (χ3v) is 4.55. The number of rotatable bonds is 2. The first kappa shape index (κ1) is 10.7. The van der Waals surface area contributed by atoms with Gasteiger partial charge in [-0.2, -0.15) is 0 Å². The molecule has 0 aromatic heterocycles. The van der Waals surface area contributed by atoms with Crippen LogP contribution >= 0.6 is 0 Å². The number of nitrogens with one attached hydrogen (secondary N) is 1. The molecule has 0 spiro atoms. The largest absolute Gasteiger partial charge is 0.316 e. The minimum absolute atomic E-state index is 0.167. The Hall–Kier alpha value is -0.440. The highest BCUT2D eigenvalue weighted by molar-refractivity contribution is 5.86. The molecule has 2 aliphatic carbocycles. The van der Waals surface area contributed by atoms with Crippen molar-refractivity contribution in [2.75, 3.05) is 13.1 Å². The van der Waals surface area contributed by atoms with Crippen LogP contribution in [-0.4, -0.2) is 25.0 Å². The summed E-state index contributed by atoms with van der Waals surface area (Å²) < 4.78 is 12.9. The molecule has 3 heteroatoms. The van der Waals surface area contributed by atoms with Gasteiger partial charge in [-0.05, 0) is 57.0 Å². The van der Waals surface area contributed by atoms with Crippen LogP contribution in [-0.2, 0) is 4.79 Å². The molecule has 5 atom stereocenters. The molecular weight excluding hydrogens is 205 g/mol. The number of hydrogen-bond donors (Lipinski definition) is 1. The Labute approximate surface area is 96.0 Å². The van der Waals surface area contributed by atoms with Crippen molar-refractivity contribution in [3.05, 3.63) is 0 Å². The molecule has 1 saturated heterocycles. The van der Waals surface area contributed by atoms with Gasteiger partial charge < -0.3 is 5.32 Å². The lowest BCUT2D eigenvalue weighted by molar-refractivity contribution is -0.125. The molecule has 2 nitrogen and oxygen atoms in total. The molecule has 2 bridgehead atoms. The van der Waals surface area contributed by atoms with Gasteiger partial charge in [0.2, 0.25) is 0 Å². The van der Waals surface area contributed by atoms with E-state index in [1.54, 1.807) is 0 Å². The lowest BCUT2D eigenvalue weighted by atomic mass is 9.86. The summed E-state index contributed by atoms with van der Waals surface area (Å²) in [4.78, 5) is 12.1. The first-order valence-electron chi connectivity index (χ1n) is 6.62. The van der Waals surface area contributed by atoms with Crippen LogP contribution in [0.3, 0.4) is 0 Å². The number of halogens is 1. The zero-order valence-electron chi connectivity index (χ0n) is 9.62. The Morgan fingerprint density at radius 1 is 1.06 bits per heavy atom. The van der Waals surface area contributed by atoms with Gasteiger partial charge in [0.25, 0.3) is 0 Å². The standard InChI is InChI=1S/C13H20FNO/c14-12-5-11(12)13(16)10-2-1-8-3-9(4-10)7-15-6-8/h8-12,15H,1-7H2. The van der Waals surface area contributed by atoms with Gasteiger partial charge in [0.1, 0.15) is 12.0 Å². The summed E-state index contributed by atoms with van der Waals surface area (Å²) in [6.07, 6.45) is 4.13. The number of alkyl halides is 1. The number of carbonyl (C=O) groups excluding carboxylic acids is 1. The highest BCUT2D eigenvalue weighted by Gasteiger charge is 2.46. The molecule has 3 fully saturated rings. The van der Waals surface area contributed by atoms with Crippen molar-refractivity contribution in [3.63, 3.8) is 0 Å².